The Labute approximate surface area is 112 Å². The van der Waals surface area contributed by atoms with Crippen molar-refractivity contribution in [2.75, 3.05) is 7.11 Å². The average Bonchev–Trinajstić information content (AvgIpc) is 2.37. The zero-order valence-corrected chi connectivity index (χ0v) is 12.6. The lowest BCUT2D eigenvalue weighted by atomic mass is 9.77. The minimum absolute atomic E-state index is 0.158. The second-order valence-corrected chi connectivity index (χ2v) is 6.44. The number of carbonyl (C=O) groups is 1. The summed E-state index contributed by atoms with van der Waals surface area (Å²) >= 11 is 0. The summed E-state index contributed by atoms with van der Waals surface area (Å²) in [6.07, 6.45) is 8.92. The lowest BCUT2D eigenvalue weighted by molar-refractivity contribution is -0.125. The molecule has 18 heavy (non-hydrogen) atoms. The highest BCUT2D eigenvalue weighted by Crippen LogP contribution is 2.33. The highest BCUT2D eigenvalue weighted by atomic mass is 16.5. The van der Waals surface area contributed by atoms with E-state index in [1.165, 1.54) is 25.7 Å². The lowest BCUT2D eigenvalue weighted by Crippen LogP contribution is -2.27. The third-order valence-electron chi connectivity index (χ3n) is 4.53. The van der Waals surface area contributed by atoms with Crippen molar-refractivity contribution in [2.45, 2.75) is 77.7 Å². The van der Waals surface area contributed by atoms with Crippen LogP contribution in [0.1, 0.15) is 72.1 Å². The maximum absolute atomic E-state index is 12.2. The molecule has 0 aromatic heterocycles. The number of Topliss-reactive ketones (excluding diaryl/α,β-unsaturated/α-hetero) is 1. The Kier molecular flexibility index (Phi) is 6.34. The second kappa shape index (κ2) is 7.28. The Morgan fingerprint density at radius 3 is 2.33 bits per heavy atom. The minimum atomic E-state index is -0.158. The molecule has 0 aromatic carbocycles. The van der Waals surface area contributed by atoms with Crippen molar-refractivity contribution in [3.63, 3.8) is 0 Å². The van der Waals surface area contributed by atoms with E-state index in [1.54, 1.807) is 7.11 Å². The molecule has 0 spiro atoms. The van der Waals surface area contributed by atoms with Crippen molar-refractivity contribution in [1.82, 2.24) is 0 Å². The van der Waals surface area contributed by atoms with Gasteiger partial charge in [0.05, 0.1) is 5.60 Å². The Hall–Kier alpha value is -0.370. The van der Waals surface area contributed by atoms with E-state index in [0.717, 1.165) is 25.2 Å². The van der Waals surface area contributed by atoms with Gasteiger partial charge in [-0.05, 0) is 51.9 Å². The van der Waals surface area contributed by atoms with Crippen molar-refractivity contribution in [2.24, 2.45) is 11.8 Å². The zero-order valence-electron chi connectivity index (χ0n) is 12.6. The maximum atomic E-state index is 12.2. The van der Waals surface area contributed by atoms with Crippen LogP contribution in [0.5, 0.6) is 0 Å². The number of carbonyl (C=O) groups excluding carboxylic acids is 1. The van der Waals surface area contributed by atoms with Gasteiger partial charge in [0.1, 0.15) is 5.78 Å². The molecule has 0 amide bonds. The molecule has 0 saturated heterocycles. The first-order valence-corrected chi connectivity index (χ1v) is 7.56. The fourth-order valence-corrected chi connectivity index (χ4v) is 2.91. The largest absolute Gasteiger partial charge is 0.379 e. The van der Waals surface area contributed by atoms with Crippen LogP contribution in [-0.2, 0) is 9.53 Å². The summed E-state index contributed by atoms with van der Waals surface area (Å²) in [6, 6.07) is 0. The van der Waals surface area contributed by atoms with Gasteiger partial charge in [-0.2, -0.15) is 0 Å². The molecule has 1 rings (SSSR count). The number of ether oxygens (including phenoxy) is 1. The lowest BCUT2D eigenvalue weighted by Gasteiger charge is -2.28. The van der Waals surface area contributed by atoms with Crippen molar-refractivity contribution in [3.05, 3.63) is 0 Å². The SMILES string of the molecule is CCCC1CCC(C(=O)CCC(C)(C)OC)CC1. The Bertz CT molecular complexity index is 250. The molecule has 2 heteroatoms. The molecule has 0 aromatic rings. The maximum Gasteiger partial charge on any atom is 0.136 e. The summed E-state index contributed by atoms with van der Waals surface area (Å²) in [5, 5.41) is 0. The molecule has 0 aliphatic heterocycles. The van der Waals surface area contributed by atoms with Gasteiger partial charge < -0.3 is 4.74 Å². The first-order chi connectivity index (χ1) is 8.48. The molecular weight excluding hydrogens is 224 g/mol. The molecule has 0 N–H and O–H groups in total. The van der Waals surface area contributed by atoms with Crippen LogP contribution in [0.2, 0.25) is 0 Å². The molecule has 106 valence electrons. The van der Waals surface area contributed by atoms with Crippen LogP contribution in [0, 0.1) is 11.8 Å². The van der Waals surface area contributed by atoms with Crippen LogP contribution >= 0.6 is 0 Å². The smallest absolute Gasteiger partial charge is 0.136 e. The average molecular weight is 254 g/mol. The normalized spacial score (nSPS) is 25.1. The number of rotatable bonds is 7. The quantitative estimate of drug-likeness (QED) is 0.674. The predicted molar refractivity (Wildman–Crippen MR) is 75.7 cm³/mol. The van der Waals surface area contributed by atoms with Crippen molar-refractivity contribution < 1.29 is 9.53 Å². The zero-order chi connectivity index (χ0) is 13.6. The molecule has 1 fully saturated rings. The van der Waals surface area contributed by atoms with Crippen LogP contribution in [0.4, 0.5) is 0 Å². The summed E-state index contributed by atoms with van der Waals surface area (Å²) < 4.78 is 5.37. The van der Waals surface area contributed by atoms with Crippen molar-refractivity contribution in [3.8, 4) is 0 Å². The highest BCUT2D eigenvalue weighted by Gasteiger charge is 2.27. The fraction of sp³-hybridized carbons (Fsp3) is 0.938. The monoisotopic (exact) mass is 254 g/mol. The third kappa shape index (κ3) is 5.09. The first kappa shape index (κ1) is 15.7. The van der Waals surface area contributed by atoms with Gasteiger partial charge in [0.15, 0.2) is 0 Å². The molecule has 1 aliphatic rings. The molecule has 0 radical (unpaired) electrons. The van der Waals surface area contributed by atoms with Crippen LogP contribution in [0.25, 0.3) is 0 Å². The molecule has 2 nitrogen and oxygen atoms in total. The molecule has 0 heterocycles. The van der Waals surface area contributed by atoms with Crippen molar-refractivity contribution in [1.29, 1.82) is 0 Å². The Morgan fingerprint density at radius 1 is 1.22 bits per heavy atom. The van der Waals surface area contributed by atoms with E-state index in [-0.39, 0.29) is 5.60 Å². The van der Waals surface area contributed by atoms with E-state index in [1.807, 2.05) is 0 Å². The highest BCUT2D eigenvalue weighted by molar-refractivity contribution is 5.81. The number of hydrogen-bond donors (Lipinski definition) is 0. The minimum Gasteiger partial charge on any atom is -0.379 e. The van der Waals surface area contributed by atoms with Gasteiger partial charge in [0.25, 0.3) is 0 Å². The summed E-state index contributed by atoms with van der Waals surface area (Å²) in [4.78, 5) is 12.2. The van der Waals surface area contributed by atoms with E-state index in [2.05, 4.69) is 20.8 Å². The van der Waals surface area contributed by atoms with E-state index in [9.17, 15) is 4.79 Å². The van der Waals surface area contributed by atoms with Gasteiger partial charge in [0.2, 0.25) is 0 Å². The topological polar surface area (TPSA) is 26.3 Å². The van der Waals surface area contributed by atoms with Gasteiger partial charge in [-0.1, -0.05) is 19.8 Å². The molecular formula is C16H30O2. The van der Waals surface area contributed by atoms with Crippen LogP contribution in [0.3, 0.4) is 0 Å². The summed E-state index contributed by atoms with van der Waals surface area (Å²) in [5.41, 5.74) is -0.158. The molecule has 0 bridgehead atoms. The van der Waals surface area contributed by atoms with Gasteiger partial charge in [-0.15, -0.1) is 0 Å². The van der Waals surface area contributed by atoms with Gasteiger partial charge >= 0.3 is 0 Å². The summed E-state index contributed by atoms with van der Waals surface area (Å²) in [5.74, 6) is 1.69. The third-order valence-corrected chi connectivity index (χ3v) is 4.53. The fourth-order valence-electron chi connectivity index (χ4n) is 2.91. The molecule has 0 atom stereocenters. The van der Waals surface area contributed by atoms with Crippen LogP contribution in [0.15, 0.2) is 0 Å². The predicted octanol–water partition coefficient (Wildman–Crippen LogP) is 4.37. The van der Waals surface area contributed by atoms with E-state index in [0.29, 0.717) is 18.1 Å². The first-order valence-electron chi connectivity index (χ1n) is 7.56. The standard InChI is InChI=1S/C16H30O2/c1-5-6-13-7-9-14(10-8-13)15(17)11-12-16(2,3)18-4/h13-14H,5-12H2,1-4H3. The number of methoxy groups -OCH3 is 1. The summed E-state index contributed by atoms with van der Waals surface area (Å²) in [6.45, 7) is 6.36. The van der Waals surface area contributed by atoms with Crippen LogP contribution in [-0.4, -0.2) is 18.5 Å². The number of ketones is 1. The Balaban J connectivity index is 2.28. The summed E-state index contributed by atoms with van der Waals surface area (Å²) in [7, 11) is 1.72. The molecule has 1 saturated carbocycles. The molecule has 0 unspecified atom stereocenters. The van der Waals surface area contributed by atoms with Gasteiger partial charge in [0, 0.05) is 19.4 Å². The van der Waals surface area contributed by atoms with Crippen molar-refractivity contribution >= 4 is 5.78 Å². The second-order valence-electron chi connectivity index (χ2n) is 6.44. The van der Waals surface area contributed by atoms with E-state index in [4.69, 9.17) is 4.74 Å². The van der Waals surface area contributed by atoms with E-state index < -0.39 is 0 Å². The van der Waals surface area contributed by atoms with Gasteiger partial charge in [-0.25, -0.2) is 0 Å². The van der Waals surface area contributed by atoms with Crippen LogP contribution < -0.4 is 0 Å². The van der Waals surface area contributed by atoms with E-state index >= 15 is 0 Å². The Morgan fingerprint density at radius 2 is 1.83 bits per heavy atom. The molecule has 1 aliphatic carbocycles. The van der Waals surface area contributed by atoms with Gasteiger partial charge in [-0.3, -0.25) is 4.79 Å². The number of hydrogen-bond acceptors (Lipinski definition) is 2.